The Hall–Kier alpha value is -0.200. The van der Waals surface area contributed by atoms with Crippen molar-refractivity contribution in [2.75, 3.05) is 39.5 Å². The summed E-state index contributed by atoms with van der Waals surface area (Å²) in [6, 6.07) is 0. The van der Waals surface area contributed by atoms with Gasteiger partial charge in [-0.15, -0.1) is 0 Å². The number of aliphatic hydroxyl groups excluding tert-OH is 1. The fourth-order valence-corrected chi connectivity index (χ4v) is 0.654. The topological polar surface area (TPSA) is 90.7 Å². The lowest BCUT2D eigenvalue weighted by molar-refractivity contribution is -0.0154. The molecule has 5 nitrogen and oxygen atoms in total. The largest absolute Gasteiger partial charge is 0.388 e. The van der Waals surface area contributed by atoms with Gasteiger partial charge in [-0.3, -0.25) is 0 Å². The Bertz CT molecular complexity index is 82.7. The highest BCUT2D eigenvalue weighted by Crippen LogP contribution is 1.86. The molecule has 5 heteroatoms. The number of aliphatic hydroxyl groups is 1. The maximum atomic E-state index is 9.17. The van der Waals surface area contributed by atoms with E-state index in [1.54, 1.807) is 0 Å². The molecule has 0 saturated heterocycles. The molecule has 0 aliphatic carbocycles. The third kappa shape index (κ3) is 7.90. The average molecular weight is 178 g/mol. The zero-order valence-corrected chi connectivity index (χ0v) is 7.24. The molecule has 0 aliphatic rings. The van der Waals surface area contributed by atoms with E-state index in [1.807, 2.05) is 0 Å². The van der Waals surface area contributed by atoms with Crippen LogP contribution in [0.4, 0.5) is 0 Å². The quantitative estimate of drug-likeness (QED) is 0.385. The average Bonchev–Trinajstić information content (AvgIpc) is 2.06. The molecular formula is C7H18N2O3. The molecular weight excluding hydrogens is 160 g/mol. The Morgan fingerprint density at radius 1 is 1.00 bits per heavy atom. The second-order valence-corrected chi connectivity index (χ2v) is 2.38. The van der Waals surface area contributed by atoms with Crippen LogP contribution in [0.1, 0.15) is 0 Å². The molecule has 0 amide bonds. The summed E-state index contributed by atoms with van der Waals surface area (Å²) in [6.45, 7) is 2.40. The van der Waals surface area contributed by atoms with E-state index in [0.29, 0.717) is 26.3 Å². The van der Waals surface area contributed by atoms with Gasteiger partial charge in [0.1, 0.15) is 6.10 Å². The van der Waals surface area contributed by atoms with E-state index in [9.17, 15) is 5.11 Å². The van der Waals surface area contributed by atoms with E-state index in [0.717, 1.165) is 0 Å². The Morgan fingerprint density at radius 2 is 1.42 bits per heavy atom. The van der Waals surface area contributed by atoms with Crippen LogP contribution >= 0.6 is 0 Å². The van der Waals surface area contributed by atoms with E-state index >= 15 is 0 Å². The van der Waals surface area contributed by atoms with Crippen molar-refractivity contribution in [1.29, 1.82) is 0 Å². The second kappa shape index (κ2) is 8.89. The lowest BCUT2D eigenvalue weighted by Gasteiger charge is -2.10. The van der Waals surface area contributed by atoms with Gasteiger partial charge in [0.25, 0.3) is 0 Å². The number of nitrogens with two attached hydrogens (primary N) is 2. The van der Waals surface area contributed by atoms with Crippen LogP contribution in [0.5, 0.6) is 0 Å². The molecule has 5 N–H and O–H groups in total. The molecule has 74 valence electrons. The van der Waals surface area contributed by atoms with Crippen molar-refractivity contribution < 1.29 is 14.6 Å². The van der Waals surface area contributed by atoms with Gasteiger partial charge in [-0.25, -0.2) is 0 Å². The summed E-state index contributed by atoms with van der Waals surface area (Å²) in [5, 5.41) is 9.17. The first-order valence-corrected chi connectivity index (χ1v) is 4.05. The second-order valence-electron chi connectivity index (χ2n) is 2.38. The number of hydrogen-bond acceptors (Lipinski definition) is 5. The highest BCUT2D eigenvalue weighted by Gasteiger charge is 2.02. The van der Waals surface area contributed by atoms with Crippen LogP contribution < -0.4 is 11.5 Å². The molecule has 0 aromatic carbocycles. The molecule has 0 aromatic heterocycles. The van der Waals surface area contributed by atoms with Crippen molar-refractivity contribution in [1.82, 2.24) is 0 Å². The third-order valence-electron chi connectivity index (χ3n) is 1.14. The lowest BCUT2D eigenvalue weighted by Crippen LogP contribution is -2.24. The molecule has 0 unspecified atom stereocenters. The van der Waals surface area contributed by atoms with Crippen molar-refractivity contribution in [3.63, 3.8) is 0 Å². The summed E-state index contributed by atoms with van der Waals surface area (Å²) in [4.78, 5) is 0. The first-order chi connectivity index (χ1) is 5.81. The van der Waals surface area contributed by atoms with Gasteiger partial charge in [0.2, 0.25) is 0 Å². The minimum absolute atomic E-state index is 0.266. The van der Waals surface area contributed by atoms with Gasteiger partial charge in [0, 0.05) is 13.1 Å². The summed E-state index contributed by atoms with van der Waals surface area (Å²) in [5.74, 6) is 0. The van der Waals surface area contributed by atoms with Crippen LogP contribution in [-0.4, -0.2) is 50.7 Å². The van der Waals surface area contributed by atoms with Crippen LogP contribution in [0.3, 0.4) is 0 Å². The minimum Gasteiger partial charge on any atom is -0.388 e. The van der Waals surface area contributed by atoms with E-state index < -0.39 is 6.10 Å². The molecule has 0 aliphatic heterocycles. The Kier molecular flexibility index (Phi) is 8.74. The van der Waals surface area contributed by atoms with Crippen molar-refractivity contribution in [2.45, 2.75) is 6.10 Å². The monoisotopic (exact) mass is 178 g/mol. The van der Waals surface area contributed by atoms with Crippen LogP contribution in [-0.2, 0) is 9.47 Å². The standard InChI is InChI=1S/C7H18N2O3/c8-1-3-11-5-7(10)6-12-4-2-9/h7,10H,1-6,8-9H2. The van der Waals surface area contributed by atoms with Crippen LogP contribution in [0.25, 0.3) is 0 Å². The maximum Gasteiger partial charge on any atom is 0.101 e. The fraction of sp³-hybridized carbons (Fsp3) is 1.00. The molecule has 0 bridgehead atoms. The van der Waals surface area contributed by atoms with Crippen LogP contribution in [0, 0.1) is 0 Å². The van der Waals surface area contributed by atoms with Crippen molar-refractivity contribution >= 4 is 0 Å². The first kappa shape index (κ1) is 11.8. The summed E-state index contributed by atoms with van der Waals surface area (Å²) >= 11 is 0. The number of ether oxygens (including phenoxy) is 2. The van der Waals surface area contributed by atoms with E-state index in [4.69, 9.17) is 20.9 Å². The maximum absolute atomic E-state index is 9.17. The lowest BCUT2D eigenvalue weighted by atomic mass is 10.4. The Balaban J connectivity index is 3.04. The van der Waals surface area contributed by atoms with Gasteiger partial charge in [-0.05, 0) is 0 Å². The highest BCUT2D eigenvalue weighted by molar-refractivity contribution is 4.51. The minimum atomic E-state index is -0.580. The molecule has 0 heterocycles. The van der Waals surface area contributed by atoms with Gasteiger partial charge < -0.3 is 26.0 Å². The zero-order chi connectivity index (χ0) is 9.23. The third-order valence-corrected chi connectivity index (χ3v) is 1.14. The van der Waals surface area contributed by atoms with Crippen LogP contribution in [0.15, 0.2) is 0 Å². The van der Waals surface area contributed by atoms with Crippen molar-refractivity contribution in [2.24, 2.45) is 11.5 Å². The van der Waals surface area contributed by atoms with Crippen molar-refractivity contribution in [3.8, 4) is 0 Å². The zero-order valence-electron chi connectivity index (χ0n) is 7.24. The molecule has 12 heavy (non-hydrogen) atoms. The van der Waals surface area contributed by atoms with Crippen LogP contribution in [0.2, 0.25) is 0 Å². The molecule has 0 spiro atoms. The predicted molar refractivity (Wildman–Crippen MR) is 45.8 cm³/mol. The summed E-state index contributed by atoms with van der Waals surface area (Å²) < 4.78 is 9.98. The number of hydrogen-bond donors (Lipinski definition) is 3. The summed E-state index contributed by atoms with van der Waals surface area (Å²) in [6.07, 6.45) is -0.580. The summed E-state index contributed by atoms with van der Waals surface area (Å²) in [7, 11) is 0. The molecule has 0 radical (unpaired) electrons. The van der Waals surface area contributed by atoms with Gasteiger partial charge in [0.05, 0.1) is 26.4 Å². The molecule has 0 saturated carbocycles. The Labute approximate surface area is 72.6 Å². The predicted octanol–water partition coefficient (Wildman–Crippen LogP) is -1.70. The van der Waals surface area contributed by atoms with Gasteiger partial charge >= 0.3 is 0 Å². The summed E-state index contributed by atoms with van der Waals surface area (Å²) in [5.41, 5.74) is 10.4. The van der Waals surface area contributed by atoms with E-state index in [-0.39, 0.29) is 13.2 Å². The molecule has 0 rings (SSSR count). The Morgan fingerprint density at radius 3 is 1.75 bits per heavy atom. The molecule has 0 aromatic rings. The van der Waals surface area contributed by atoms with Gasteiger partial charge in [-0.1, -0.05) is 0 Å². The smallest absolute Gasteiger partial charge is 0.101 e. The highest BCUT2D eigenvalue weighted by atomic mass is 16.5. The SMILES string of the molecule is NCCOCC(O)COCCN. The van der Waals surface area contributed by atoms with E-state index in [2.05, 4.69) is 0 Å². The van der Waals surface area contributed by atoms with E-state index in [1.165, 1.54) is 0 Å². The van der Waals surface area contributed by atoms with Crippen molar-refractivity contribution in [3.05, 3.63) is 0 Å². The fourth-order valence-electron chi connectivity index (χ4n) is 0.654. The molecule has 0 atom stereocenters. The van der Waals surface area contributed by atoms with Gasteiger partial charge in [-0.2, -0.15) is 0 Å². The number of rotatable bonds is 8. The molecule has 0 fully saturated rings. The normalized spacial score (nSPS) is 11.0. The first-order valence-electron chi connectivity index (χ1n) is 4.05. The van der Waals surface area contributed by atoms with Gasteiger partial charge in [0.15, 0.2) is 0 Å².